The van der Waals surface area contributed by atoms with E-state index in [1.807, 2.05) is 0 Å². The van der Waals surface area contributed by atoms with Gasteiger partial charge < -0.3 is 19.3 Å². The summed E-state index contributed by atoms with van der Waals surface area (Å²) in [6.45, 7) is -0.293. The third kappa shape index (κ3) is 8.55. The van der Waals surface area contributed by atoms with Crippen LogP contribution in [-0.4, -0.2) is 42.8 Å². The Balaban J connectivity index is 1.51. The highest BCUT2D eigenvalue weighted by Gasteiger charge is 2.53. The van der Waals surface area contributed by atoms with Crippen molar-refractivity contribution in [1.82, 2.24) is 10.9 Å². The van der Waals surface area contributed by atoms with Gasteiger partial charge in [0, 0.05) is 31.6 Å². The van der Waals surface area contributed by atoms with E-state index in [-0.39, 0.29) is 30.6 Å². The number of halogens is 6. The number of nitrogens with one attached hydrogen (secondary N) is 2. The third-order valence-corrected chi connectivity index (χ3v) is 7.88. The molecular weight excluding hydrogens is 668 g/mol. The first kappa shape index (κ1) is 36.2. The standard InChI is InChI=1S/C36H33F6N3O5/c1-48-30-10-5-9-26(19-30)31-34(21-23-7-3-2-4-8-23,44-32(50-31)25-11-13-29(14-12-25)49-16-6-15-46)33(47)45-43-22-24-17-27(35(37,38)39)20-28(18-24)36(40,41)42/h2-5,7-14,17-20,31,43,46H,6,15-16,21-22H2,1H3,(H,45,47)/t31-,34-/m0/s1. The SMILES string of the molecule is COc1cccc([C@@H]2OC(c3ccc(OCCCO)cc3)=N[C@]2(Cc2ccccc2)C(=O)NNCc2cc(C(F)(F)F)cc(C(F)(F)F)c2)c1. The van der Waals surface area contributed by atoms with E-state index in [4.69, 9.17) is 24.3 Å². The van der Waals surface area contributed by atoms with Gasteiger partial charge in [0.05, 0.1) is 24.8 Å². The summed E-state index contributed by atoms with van der Waals surface area (Å²) in [6, 6.07) is 23.7. The first-order valence-corrected chi connectivity index (χ1v) is 15.4. The van der Waals surface area contributed by atoms with Crippen molar-refractivity contribution >= 4 is 11.8 Å². The molecule has 5 rings (SSSR count). The van der Waals surface area contributed by atoms with Gasteiger partial charge in [0.25, 0.3) is 5.91 Å². The smallest absolute Gasteiger partial charge is 0.416 e. The maximum absolute atomic E-state index is 14.3. The van der Waals surface area contributed by atoms with Crippen LogP contribution in [-0.2, 0) is 34.8 Å². The van der Waals surface area contributed by atoms with Gasteiger partial charge in [-0.1, -0.05) is 42.5 Å². The van der Waals surface area contributed by atoms with Crippen LogP contribution in [0.4, 0.5) is 26.3 Å². The van der Waals surface area contributed by atoms with Crippen LogP contribution in [0, 0.1) is 0 Å². The molecule has 8 nitrogen and oxygen atoms in total. The predicted octanol–water partition coefficient (Wildman–Crippen LogP) is 6.81. The Hall–Kier alpha value is -5.08. The van der Waals surface area contributed by atoms with Crippen molar-refractivity contribution in [1.29, 1.82) is 0 Å². The number of amides is 1. The largest absolute Gasteiger partial charge is 0.497 e. The van der Waals surface area contributed by atoms with Crippen LogP contribution in [0.3, 0.4) is 0 Å². The van der Waals surface area contributed by atoms with Gasteiger partial charge in [-0.15, -0.1) is 0 Å². The lowest BCUT2D eigenvalue weighted by Gasteiger charge is -2.31. The molecule has 0 fully saturated rings. The molecule has 0 unspecified atom stereocenters. The van der Waals surface area contributed by atoms with Gasteiger partial charge in [-0.2, -0.15) is 26.3 Å². The number of benzene rings is 4. The molecule has 50 heavy (non-hydrogen) atoms. The Labute approximate surface area is 283 Å². The first-order chi connectivity index (χ1) is 23.8. The van der Waals surface area contributed by atoms with Crippen molar-refractivity contribution in [2.24, 2.45) is 4.99 Å². The average Bonchev–Trinajstić information content (AvgIpc) is 3.48. The fraction of sp³-hybridized carbons (Fsp3) is 0.278. The minimum Gasteiger partial charge on any atom is -0.497 e. The minimum atomic E-state index is -5.03. The summed E-state index contributed by atoms with van der Waals surface area (Å²) < 4.78 is 98.2. The molecule has 0 aliphatic carbocycles. The lowest BCUT2D eigenvalue weighted by atomic mass is 9.82. The zero-order chi connectivity index (χ0) is 35.9. The summed E-state index contributed by atoms with van der Waals surface area (Å²) in [7, 11) is 1.48. The van der Waals surface area contributed by atoms with E-state index in [2.05, 4.69) is 10.9 Å². The van der Waals surface area contributed by atoms with E-state index in [0.29, 0.717) is 53.3 Å². The lowest BCUT2D eigenvalue weighted by Crippen LogP contribution is -2.53. The van der Waals surface area contributed by atoms with Crippen LogP contribution in [0.2, 0.25) is 0 Å². The molecular formula is C36H33F6N3O5. The van der Waals surface area contributed by atoms with Gasteiger partial charge in [-0.05, 0) is 71.3 Å². The predicted molar refractivity (Wildman–Crippen MR) is 171 cm³/mol. The van der Waals surface area contributed by atoms with E-state index >= 15 is 0 Å². The number of nitrogens with zero attached hydrogens (tertiary/aromatic N) is 1. The second-order valence-corrected chi connectivity index (χ2v) is 11.4. The molecule has 0 bridgehead atoms. The van der Waals surface area contributed by atoms with Crippen molar-refractivity contribution < 1.29 is 50.5 Å². The quantitative estimate of drug-likeness (QED) is 0.0805. The summed E-state index contributed by atoms with van der Waals surface area (Å²) >= 11 is 0. The Kier molecular flexibility index (Phi) is 11.0. The van der Waals surface area contributed by atoms with E-state index in [0.717, 1.165) is 0 Å². The molecule has 2 atom stereocenters. The number of aliphatic hydroxyl groups is 1. The van der Waals surface area contributed by atoms with Gasteiger partial charge in [0.1, 0.15) is 11.5 Å². The second kappa shape index (κ2) is 15.2. The lowest BCUT2D eigenvalue weighted by molar-refractivity contribution is -0.143. The van der Waals surface area contributed by atoms with Gasteiger partial charge >= 0.3 is 12.4 Å². The average molecular weight is 702 g/mol. The van der Waals surface area contributed by atoms with Crippen LogP contribution in [0.25, 0.3) is 0 Å². The molecule has 0 saturated carbocycles. The van der Waals surface area contributed by atoms with Gasteiger partial charge in [-0.25, -0.2) is 10.4 Å². The van der Waals surface area contributed by atoms with Gasteiger partial charge in [0.15, 0.2) is 11.6 Å². The maximum Gasteiger partial charge on any atom is 0.416 e. The number of methoxy groups -OCH3 is 1. The molecule has 1 aliphatic rings. The molecule has 1 amide bonds. The van der Waals surface area contributed by atoms with Crippen LogP contribution >= 0.6 is 0 Å². The molecule has 1 aliphatic heterocycles. The van der Waals surface area contributed by atoms with Crippen LogP contribution in [0.5, 0.6) is 11.5 Å². The number of carbonyl (C=O) groups excluding carboxylic acids is 1. The van der Waals surface area contributed by atoms with E-state index in [9.17, 15) is 31.1 Å². The summed E-state index contributed by atoms with van der Waals surface area (Å²) in [5.74, 6) is 0.363. The Bertz CT molecular complexity index is 1770. The number of carbonyl (C=O) groups is 1. The summed E-state index contributed by atoms with van der Waals surface area (Å²) in [5.41, 5.74) is 1.68. The molecule has 0 radical (unpaired) electrons. The van der Waals surface area contributed by atoms with Crippen molar-refractivity contribution in [2.45, 2.75) is 43.4 Å². The van der Waals surface area contributed by atoms with Crippen molar-refractivity contribution in [3.8, 4) is 11.5 Å². The van der Waals surface area contributed by atoms with Crippen molar-refractivity contribution in [3.05, 3.63) is 130 Å². The fourth-order valence-corrected chi connectivity index (χ4v) is 5.45. The fourth-order valence-electron chi connectivity index (χ4n) is 5.45. The number of rotatable bonds is 13. The maximum atomic E-state index is 14.3. The third-order valence-electron chi connectivity index (χ3n) is 7.88. The highest BCUT2D eigenvalue weighted by molar-refractivity contribution is 6.01. The Morgan fingerprint density at radius 1 is 0.860 bits per heavy atom. The normalized spacial score (nSPS) is 17.5. The Morgan fingerprint density at radius 2 is 1.54 bits per heavy atom. The number of hydrazine groups is 1. The molecule has 14 heteroatoms. The molecule has 1 heterocycles. The zero-order valence-electron chi connectivity index (χ0n) is 26.6. The molecule has 264 valence electrons. The van der Waals surface area contributed by atoms with Crippen LogP contribution in [0.15, 0.2) is 102 Å². The molecule has 3 N–H and O–H groups in total. The summed E-state index contributed by atoms with van der Waals surface area (Å²) in [6.07, 6.45) is -10.7. The number of alkyl halides is 6. The topological polar surface area (TPSA) is 101 Å². The highest BCUT2D eigenvalue weighted by Crippen LogP contribution is 2.43. The molecule has 0 spiro atoms. The monoisotopic (exact) mass is 701 g/mol. The summed E-state index contributed by atoms with van der Waals surface area (Å²) in [4.78, 5) is 19.2. The van der Waals surface area contributed by atoms with Gasteiger partial charge in [-0.3, -0.25) is 10.2 Å². The molecule has 0 saturated heterocycles. The second-order valence-electron chi connectivity index (χ2n) is 11.4. The van der Waals surface area contributed by atoms with Crippen LogP contribution < -0.4 is 20.3 Å². The molecule has 4 aromatic rings. The number of aliphatic hydroxyl groups excluding tert-OH is 1. The highest BCUT2D eigenvalue weighted by atomic mass is 19.4. The van der Waals surface area contributed by atoms with Crippen molar-refractivity contribution in [3.63, 3.8) is 0 Å². The Morgan fingerprint density at radius 3 is 2.16 bits per heavy atom. The van der Waals surface area contributed by atoms with Crippen molar-refractivity contribution in [2.75, 3.05) is 20.3 Å². The minimum absolute atomic E-state index is 0.00311. The van der Waals surface area contributed by atoms with E-state index in [1.54, 1.807) is 78.9 Å². The number of hydrogen-bond acceptors (Lipinski definition) is 7. The van der Waals surface area contributed by atoms with E-state index in [1.165, 1.54) is 7.11 Å². The molecule has 0 aromatic heterocycles. The van der Waals surface area contributed by atoms with E-state index < -0.39 is 47.6 Å². The van der Waals surface area contributed by atoms with Gasteiger partial charge in [0.2, 0.25) is 5.90 Å². The number of aliphatic imine (C=N–C) groups is 1. The zero-order valence-corrected chi connectivity index (χ0v) is 26.6. The molecule has 4 aromatic carbocycles. The number of ether oxygens (including phenoxy) is 3. The summed E-state index contributed by atoms with van der Waals surface area (Å²) in [5, 5.41) is 9.04. The number of hydrogen-bond donors (Lipinski definition) is 3. The van der Waals surface area contributed by atoms with Crippen LogP contribution in [0.1, 0.15) is 45.9 Å². The first-order valence-electron chi connectivity index (χ1n) is 15.4.